The van der Waals surface area contributed by atoms with Gasteiger partial charge in [-0.1, -0.05) is 18.2 Å². The molecule has 138 valence electrons. The van der Waals surface area contributed by atoms with E-state index in [2.05, 4.69) is 5.32 Å². The van der Waals surface area contributed by atoms with E-state index in [9.17, 15) is 4.79 Å². The highest BCUT2D eigenvalue weighted by atomic mass is 16.7. The van der Waals surface area contributed by atoms with Crippen molar-refractivity contribution in [3.8, 4) is 17.2 Å². The molecule has 0 bridgehead atoms. The van der Waals surface area contributed by atoms with Crippen molar-refractivity contribution < 1.29 is 19.0 Å². The summed E-state index contributed by atoms with van der Waals surface area (Å²) in [7, 11) is 3.57. The van der Waals surface area contributed by atoms with Crippen LogP contribution in [0.3, 0.4) is 0 Å². The smallest absolute Gasteiger partial charge is 0.237 e. The fourth-order valence-electron chi connectivity index (χ4n) is 2.74. The number of nitrogens with one attached hydrogen (secondary N) is 1. The van der Waals surface area contributed by atoms with E-state index in [1.807, 2.05) is 61.3 Å². The third-order valence-electron chi connectivity index (χ3n) is 4.54. The van der Waals surface area contributed by atoms with Crippen LogP contribution in [0.2, 0.25) is 0 Å². The van der Waals surface area contributed by atoms with Crippen molar-refractivity contribution >= 4 is 5.91 Å². The molecule has 2 aromatic rings. The average Bonchev–Trinajstić information content (AvgIpc) is 3.13. The topological polar surface area (TPSA) is 60.0 Å². The highest BCUT2D eigenvalue weighted by Gasteiger charge is 2.19. The third kappa shape index (κ3) is 4.26. The Bertz CT molecular complexity index is 761. The molecule has 0 unspecified atom stereocenters. The number of carbonyl (C=O) groups is 1. The zero-order chi connectivity index (χ0) is 18.5. The van der Waals surface area contributed by atoms with Crippen LogP contribution in [-0.2, 0) is 17.9 Å². The molecule has 1 N–H and O–H groups in total. The predicted molar refractivity (Wildman–Crippen MR) is 98.3 cm³/mol. The summed E-state index contributed by atoms with van der Waals surface area (Å²) >= 11 is 0. The summed E-state index contributed by atoms with van der Waals surface area (Å²) in [6, 6.07) is 13.3. The van der Waals surface area contributed by atoms with E-state index in [1.54, 1.807) is 7.11 Å². The minimum absolute atomic E-state index is 0.0101. The van der Waals surface area contributed by atoms with Crippen molar-refractivity contribution in [1.29, 1.82) is 0 Å². The minimum Gasteiger partial charge on any atom is -0.497 e. The van der Waals surface area contributed by atoms with E-state index in [1.165, 1.54) is 0 Å². The van der Waals surface area contributed by atoms with Gasteiger partial charge in [0.2, 0.25) is 12.7 Å². The molecule has 1 heterocycles. The first kappa shape index (κ1) is 18.1. The molecule has 0 spiro atoms. The van der Waals surface area contributed by atoms with Gasteiger partial charge >= 0.3 is 0 Å². The van der Waals surface area contributed by atoms with E-state index in [0.29, 0.717) is 13.1 Å². The number of ether oxygens (including phenoxy) is 3. The van der Waals surface area contributed by atoms with Crippen LogP contribution in [0.5, 0.6) is 17.2 Å². The second kappa shape index (κ2) is 8.10. The summed E-state index contributed by atoms with van der Waals surface area (Å²) in [4.78, 5) is 14.4. The highest BCUT2D eigenvalue weighted by Crippen LogP contribution is 2.32. The van der Waals surface area contributed by atoms with E-state index in [0.717, 1.165) is 28.4 Å². The number of likely N-dealkylation sites (N-methyl/N-ethyl adjacent to an activating group) is 1. The molecular weight excluding hydrogens is 332 g/mol. The van der Waals surface area contributed by atoms with Crippen molar-refractivity contribution in [2.24, 2.45) is 0 Å². The summed E-state index contributed by atoms with van der Waals surface area (Å²) in [5.41, 5.74) is 2.11. The molecule has 0 radical (unpaired) electrons. The highest BCUT2D eigenvalue weighted by molar-refractivity contribution is 5.81. The zero-order valence-electron chi connectivity index (χ0n) is 15.3. The molecule has 26 heavy (non-hydrogen) atoms. The van der Waals surface area contributed by atoms with Gasteiger partial charge in [-0.05, 0) is 49.4 Å². The molecule has 6 nitrogen and oxygen atoms in total. The Morgan fingerprint density at radius 1 is 1.15 bits per heavy atom. The lowest BCUT2D eigenvalue weighted by Gasteiger charge is -2.24. The maximum atomic E-state index is 12.4. The van der Waals surface area contributed by atoms with Crippen LogP contribution in [0.15, 0.2) is 42.5 Å². The van der Waals surface area contributed by atoms with Crippen LogP contribution in [0.1, 0.15) is 18.1 Å². The lowest BCUT2D eigenvalue weighted by molar-refractivity contribution is -0.125. The molecule has 0 aliphatic carbocycles. The molecule has 0 saturated heterocycles. The summed E-state index contributed by atoms with van der Waals surface area (Å²) in [6.45, 7) is 3.30. The molecule has 1 aliphatic heterocycles. The predicted octanol–water partition coefficient (Wildman–Crippen LogP) is 2.56. The van der Waals surface area contributed by atoms with Crippen LogP contribution < -0.4 is 19.5 Å². The standard InChI is InChI=1S/C20H24N2O4/c1-14(20(23)21-11-15-4-7-17(24-3)8-5-15)22(2)12-16-6-9-18-19(10-16)26-13-25-18/h4-10,14H,11-13H2,1-3H3,(H,21,23)/t14-/m1/s1. The first-order chi connectivity index (χ1) is 12.6. The van der Waals surface area contributed by atoms with Crippen molar-refractivity contribution in [3.63, 3.8) is 0 Å². The zero-order valence-corrected chi connectivity index (χ0v) is 15.3. The van der Waals surface area contributed by atoms with Gasteiger partial charge in [0, 0.05) is 13.1 Å². The van der Waals surface area contributed by atoms with E-state index < -0.39 is 0 Å². The van der Waals surface area contributed by atoms with E-state index in [-0.39, 0.29) is 18.7 Å². The fourth-order valence-corrected chi connectivity index (χ4v) is 2.74. The molecule has 1 aliphatic rings. The number of hydrogen-bond acceptors (Lipinski definition) is 5. The summed E-state index contributed by atoms with van der Waals surface area (Å²) < 4.78 is 15.9. The lowest BCUT2D eigenvalue weighted by atomic mass is 10.1. The van der Waals surface area contributed by atoms with E-state index >= 15 is 0 Å². The van der Waals surface area contributed by atoms with Crippen LogP contribution in [-0.4, -0.2) is 37.8 Å². The number of fused-ring (bicyclic) bond motifs is 1. The Labute approximate surface area is 153 Å². The normalized spacial score (nSPS) is 13.5. The van der Waals surface area contributed by atoms with Gasteiger partial charge < -0.3 is 19.5 Å². The van der Waals surface area contributed by atoms with Crippen LogP contribution in [0, 0.1) is 0 Å². The first-order valence-electron chi connectivity index (χ1n) is 8.56. The van der Waals surface area contributed by atoms with Crippen LogP contribution >= 0.6 is 0 Å². The van der Waals surface area contributed by atoms with Crippen molar-refractivity contribution in [2.75, 3.05) is 21.0 Å². The Hall–Kier alpha value is -2.73. The van der Waals surface area contributed by atoms with Gasteiger partial charge in [-0.15, -0.1) is 0 Å². The van der Waals surface area contributed by atoms with Crippen LogP contribution in [0.25, 0.3) is 0 Å². The second-order valence-electron chi connectivity index (χ2n) is 6.34. The van der Waals surface area contributed by atoms with Gasteiger partial charge in [-0.3, -0.25) is 9.69 Å². The lowest BCUT2D eigenvalue weighted by Crippen LogP contribution is -2.42. The molecule has 1 amide bonds. The van der Waals surface area contributed by atoms with Gasteiger partial charge in [0.05, 0.1) is 13.2 Å². The number of benzene rings is 2. The molecule has 1 atom stereocenters. The monoisotopic (exact) mass is 356 g/mol. The SMILES string of the molecule is COc1ccc(CNC(=O)[C@@H](C)N(C)Cc2ccc3c(c2)OCO3)cc1. The number of nitrogens with zero attached hydrogens (tertiary/aromatic N) is 1. The average molecular weight is 356 g/mol. The number of rotatable bonds is 7. The molecule has 0 saturated carbocycles. The molecule has 2 aromatic carbocycles. The van der Waals surface area contributed by atoms with Crippen molar-refractivity contribution in [3.05, 3.63) is 53.6 Å². The summed E-state index contributed by atoms with van der Waals surface area (Å²) in [6.07, 6.45) is 0. The largest absolute Gasteiger partial charge is 0.497 e. The molecule has 3 rings (SSSR count). The molecule has 0 fully saturated rings. The minimum atomic E-state index is -0.251. The molecular formula is C20H24N2O4. The number of carbonyl (C=O) groups excluding carboxylic acids is 1. The number of hydrogen-bond donors (Lipinski definition) is 1. The summed E-state index contributed by atoms with van der Waals surface area (Å²) in [5, 5.41) is 2.98. The quantitative estimate of drug-likeness (QED) is 0.826. The van der Waals surface area contributed by atoms with Gasteiger partial charge in [-0.2, -0.15) is 0 Å². The third-order valence-corrected chi connectivity index (χ3v) is 4.54. The Morgan fingerprint density at radius 3 is 2.58 bits per heavy atom. The Balaban J connectivity index is 1.52. The second-order valence-corrected chi connectivity index (χ2v) is 6.34. The van der Waals surface area contributed by atoms with Gasteiger partial charge in [-0.25, -0.2) is 0 Å². The molecule has 0 aromatic heterocycles. The first-order valence-corrected chi connectivity index (χ1v) is 8.56. The van der Waals surface area contributed by atoms with Gasteiger partial charge in [0.25, 0.3) is 0 Å². The fraction of sp³-hybridized carbons (Fsp3) is 0.350. The number of amides is 1. The summed E-state index contributed by atoms with van der Waals surface area (Å²) in [5.74, 6) is 2.31. The van der Waals surface area contributed by atoms with E-state index in [4.69, 9.17) is 14.2 Å². The Morgan fingerprint density at radius 2 is 1.85 bits per heavy atom. The Kier molecular flexibility index (Phi) is 5.63. The van der Waals surface area contributed by atoms with Crippen molar-refractivity contribution in [2.45, 2.75) is 26.1 Å². The maximum absolute atomic E-state index is 12.4. The molecule has 6 heteroatoms. The maximum Gasteiger partial charge on any atom is 0.237 e. The number of methoxy groups -OCH3 is 1. The van der Waals surface area contributed by atoms with Gasteiger partial charge in [0.1, 0.15) is 5.75 Å². The van der Waals surface area contributed by atoms with Crippen molar-refractivity contribution in [1.82, 2.24) is 10.2 Å². The van der Waals surface area contributed by atoms with Crippen LogP contribution in [0.4, 0.5) is 0 Å². The van der Waals surface area contributed by atoms with Gasteiger partial charge in [0.15, 0.2) is 11.5 Å².